The third-order valence-electron chi connectivity index (χ3n) is 2.18. The number of allylic oxidation sites excluding steroid dienone is 2. The first-order valence-electron chi connectivity index (χ1n) is 4.59. The lowest BCUT2D eigenvalue weighted by atomic mass is 9.83. The molecule has 0 aromatic heterocycles. The van der Waals surface area contributed by atoms with Crippen LogP contribution in [0.4, 0.5) is 0 Å². The van der Waals surface area contributed by atoms with Crippen molar-refractivity contribution >= 4 is 11.5 Å². The average molecular weight is 181 g/mol. The molecule has 74 valence electrons. The molecule has 1 N–H and O–H groups in total. The molecule has 13 heavy (non-hydrogen) atoms. The highest BCUT2D eigenvalue weighted by molar-refractivity contribution is 6.44. The normalized spacial score (nSPS) is 10.8. The molecule has 0 aromatic carbocycles. The molecule has 0 unspecified atom stereocenters. The van der Waals surface area contributed by atoms with Crippen LogP contribution in [0.1, 0.15) is 41.0 Å². The summed E-state index contributed by atoms with van der Waals surface area (Å²) >= 11 is 0. The van der Waals surface area contributed by atoms with E-state index in [9.17, 15) is 4.79 Å². The lowest BCUT2D eigenvalue weighted by molar-refractivity contribution is -0.120. The predicted molar refractivity (Wildman–Crippen MR) is 56.2 cm³/mol. The highest BCUT2D eigenvalue weighted by Gasteiger charge is 2.27. The summed E-state index contributed by atoms with van der Waals surface area (Å²) in [5, 5.41) is 7.56. The van der Waals surface area contributed by atoms with Gasteiger partial charge in [-0.05, 0) is 26.3 Å². The average Bonchev–Trinajstić information content (AvgIpc) is 2.01. The number of carbonyl (C=O) groups is 1. The second-order valence-corrected chi connectivity index (χ2v) is 4.20. The summed E-state index contributed by atoms with van der Waals surface area (Å²) in [6.07, 6.45) is 2.39. The van der Waals surface area contributed by atoms with Gasteiger partial charge in [0.2, 0.25) is 0 Å². The van der Waals surface area contributed by atoms with Crippen molar-refractivity contribution in [2.75, 3.05) is 0 Å². The summed E-state index contributed by atoms with van der Waals surface area (Å²) in [5.41, 5.74) is 0.709. The zero-order valence-electron chi connectivity index (χ0n) is 9.19. The summed E-state index contributed by atoms with van der Waals surface area (Å²) < 4.78 is 0. The van der Waals surface area contributed by atoms with Crippen molar-refractivity contribution in [3.05, 3.63) is 11.6 Å². The topological polar surface area (TPSA) is 40.9 Å². The van der Waals surface area contributed by atoms with Crippen molar-refractivity contribution in [3.8, 4) is 0 Å². The molecule has 0 atom stereocenters. The smallest absolute Gasteiger partial charge is 0.185 e. The van der Waals surface area contributed by atoms with Crippen LogP contribution in [0, 0.1) is 10.8 Å². The molecule has 0 radical (unpaired) electrons. The van der Waals surface area contributed by atoms with E-state index >= 15 is 0 Å². The molecular weight excluding hydrogens is 162 g/mol. The molecule has 0 saturated carbocycles. The molecule has 0 spiro atoms. The van der Waals surface area contributed by atoms with Gasteiger partial charge in [0.1, 0.15) is 0 Å². The first-order chi connectivity index (χ1) is 5.81. The summed E-state index contributed by atoms with van der Waals surface area (Å²) in [6, 6.07) is 0. The van der Waals surface area contributed by atoms with Crippen molar-refractivity contribution in [1.29, 1.82) is 5.41 Å². The molecular formula is C11H19NO. The van der Waals surface area contributed by atoms with Crippen LogP contribution in [-0.2, 0) is 4.79 Å². The van der Waals surface area contributed by atoms with E-state index in [1.807, 2.05) is 34.6 Å². The molecule has 0 aliphatic carbocycles. The first kappa shape index (κ1) is 12.1. The Bertz CT molecular complexity index is 245. The second kappa shape index (κ2) is 4.35. The van der Waals surface area contributed by atoms with E-state index in [4.69, 9.17) is 5.41 Å². The lowest BCUT2D eigenvalue weighted by Gasteiger charge is -2.19. The van der Waals surface area contributed by atoms with E-state index < -0.39 is 5.41 Å². The maximum atomic E-state index is 11.7. The molecule has 0 aliphatic rings. The van der Waals surface area contributed by atoms with Gasteiger partial charge in [0.25, 0.3) is 0 Å². The number of nitrogens with one attached hydrogen (secondary N) is 1. The molecule has 0 amide bonds. The predicted octanol–water partition coefficient (Wildman–Crippen LogP) is 2.98. The van der Waals surface area contributed by atoms with Crippen LogP contribution < -0.4 is 0 Å². The lowest BCUT2D eigenvalue weighted by Crippen LogP contribution is -2.29. The van der Waals surface area contributed by atoms with E-state index in [1.54, 1.807) is 6.08 Å². The standard InChI is InChI=1S/C11H19NO/c1-6-11(4,5)10(13)9(12)7-8(2)3/h7,12H,6H2,1-5H3. The Morgan fingerprint density at radius 3 is 2.15 bits per heavy atom. The molecule has 0 heterocycles. The minimum Gasteiger partial charge on any atom is -0.297 e. The largest absolute Gasteiger partial charge is 0.297 e. The number of carbonyl (C=O) groups excluding carboxylic acids is 1. The highest BCUT2D eigenvalue weighted by atomic mass is 16.1. The Labute approximate surface area is 80.5 Å². The number of Topliss-reactive ketones (excluding diaryl/α,β-unsaturated/α-hetero) is 1. The molecule has 0 fully saturated rings. The van der Waals surface area contributed by atoms with E-state index in [0.29, 0.717) is 0 Å². The van der Waals surface area contributed by atoms with Gasteiger partial charge in [0.15, 0.2) is 5.78 Å². The Morgan fingerprint density at radius 1 is 1.38 bits per heavy atom. The number of hydrogen-bond donors (Lipinski definition) is 1. The van der Waals surface area contributed by atoms with E-state index in [2.05, 4.69) is 0 Å². The van der Waals surface area contributed by atoms with Gasteiger partial charge in [-0.1, -0.05) is 26.3 Å². The molecule has 0 aliphatic heterocycles. The Hall–Kier alpha value is -0.920. The van der Waals surface area contributed by atoms with Crippen molar-refractivity contribution in [1.82, 2.24) is 0 Å². The fraction of sp³-hybridized carbons (Fsp3) is 0.636. The molecule has 0 aromatic rings. The van der Waals surface area contributed by atoms with Gasteiger partial charge in [0.05, 0.1) is 5.71 Å². The molecule has 0 rings (SSSR count). The zero-order chi connectivity index (χ0) is 10.6. The van der Waals surface area contributed by atoms with E-state index in [0.717, 1.165) is 12.0 Å². The van der Waals surface area contributed by atoms with Crippen molar-refractivity contribution in [2.24, 2.45) is 5.41 Å². The zero-order valence-corrected chi connectivity index (χ0v) is 9.19. The fourth-order valence-electron chi connectivity index (χ4n) is 0.879. The second-order valence-electron chi connectivity index (χ2n) is 4.20. The molecule has 2 nitrogen and oxygen atoms in total. The summed E-state index contributed by atoms with van der Waals surface area (Å²) in [6.45, 7) is 9.50. The van der Waals surface area contributed by atoms with Gasteiger partial charge in [-0.3, -0.25) is 10.2 Å². The van der Waals surface area contributed by atoms with Crippen LogP contribution in [-0.4, -0.2) is 11.5 Å². The van der Waals surface area contributed by atoms with Crippen LogP contribution in [0.2, 0.25) is 0 Å². The minimum absolute atomic E-state index is 0.0730. The molecule has 2 heteroatoms. The van der Waals surface area contributed by atoms with Gasteiger partial charge in [-0.15, -0.1) is 0 Å². The van der Waals surface area contributed by atoms with E-state index in [1.165, 1.54) is 0 Å². The number of hydrogen-bond acceptors (Lipinski definition) is 2. The minimum atomic E-state index is -0.400. The SMILES string of the molecule is CCC(C)(C)C(=O)C(=N)C=C(C)C. The van der Waals surface area contributed by atoms with Gasteiger partial charge in [-0.2, -0.15) is 0 Å². The van der Waals surface area contributed by atoms with Crippen LogP contribution in [0.3, 0.4) is 0 Å². The molecule has 0 saturated heterocycles. The fourth-order valence-corrected chi connectivity index (χ4v) is 0.879. The first-order valence-corrected chi connectivity index (χ1v) is 4.59. The van der Waals surface area contributed by atoms with E-state index in [-0.39, 0.29) is 11.5 Å². The van der Waals surface area contributed by atoms with Crippen molar-refractivity contribution in [3.63, 3.8) is 0 Å². The number of ketones is 1. The van der Waals surface area contributed by atoms with Gasteiger partial charge in [0, 0.05) is 5.41 Å². The van der Waals surface area contributed by atoms with Crippen molar-refractivity contribution in [2.45, 2.75) is 41.0 Å². The highest BCUT2D eigenvalue weighted by Crippen LogP contribution is 2.21. The maximum absolute atomic E-state index is 11.7. The third-order valence-corrected chi connectivity index (χ3v) is 2.18. The van der Waals surface area contributed by atoms with Crippen molar-refractivity contribution < 1.29 is 4.79 Å². The number of rotatable bonds is 4. The Balaban J connectivity index is 4.63. The van der Waals surface area contributed by atoms with Crippen LogP contribution in [0.15, 0.2) is 11.6 Å². The van der Waals surface area contributed by atoms with Gasteiger partial charge >= 0.3 is 0 Å². The third kappa shape index (κ3) is 3.53. The van der Waals surface area contributed by atoms with Gasteiger partial charge in [-0.25, -0.2) is 0 Å². The van der Waals surface area contributed by atoms with Crippen LogP contribution in [0.25, 0.3) is 0 Å². The molecule has 0 bridgehead atoms. The Morgan fingerprint density at radius 2 is 1.85 bits per heavy atom. The summed E-state index contributed by atoms with van der Waals surface area (Å²) in [5.74, 6) is -0.0730. The quantitative estimate of drug-likeness (QED) is 0.665. The monoisotopic (exact) mass is 181 g/mol. The summed E-state index contributed by atoms with van der Waals surface area (Å²) in [4.78, 5) is 11.7. The van der Waals surface area contributed by atoms with Crippen LogP contribution >= 0.6 is 0 Å². The maximum Gasteiger partial charge on any atom is 0.185 e. The summed E-state index contributed by atoms with van der Waals surface area (Å²) in [7, 11) is 0. The Kier molecular flexibility index (Phi) is 4.05. The van der Waals surface area contributed by atoms with Crippen LogP contribution in [0.5, 0.6) is 0 Å². The van der Waals surface area contributed by atoms with Gasteiger partial charge < -0.3 is 0 Å².